The van der Waals surface area contributed by atoms with E-state index in [1.165, 1.54) is 6.08 Å². The highest BCUT2D eigenvalue weighted by molar-refractivity contribution is 5.89. The molecule has 3 aromatic rings. The summed E-state index contributed by atoms with van der Waals surface area (Å²) in [5, 5.41) is 2.94. The fourth-order valence-electron chi connectivity index (χ4n) is 3.13. The second kappa shape index (κ2) is 10.8. The minimum atomic E-state index is -0.572. The molecular weight excluding hydrogens is 390 g/mol. The Bertz CT molecular complexity index is 1040. The van der Waals surface area contributed by atoms with Crippen molar-refractivity contribution in [1.29, 1.82) is 0 Å². The molecule has 3 rings (SSSR count). The van der Waals surface area contributed by atoms with Crippen LogP contribution in [0.15, 0.2) is 84.9 Å². The van der Waals surface area contributed by atoms with Crippen LogP contribution in [0.3, 0.4) is 0 Å². The fraction of sp³-hybridized carbons (Fsp3) is 0.154. The zero-order chi connectivity index (χ0) is 22.1. The summed E-state index contributed by atoms with van der Waals surface area (Å²) in [4.78, 5) is 24.5. The molecule has 0 saturated heterocycles. The van der Waals surface area contributed by atoms with E-state index in [-0.39, 0.29) is 18.6 Å². The van der Waals surface area contributed by atoms with Gasteiger partial charge in [-0.15, -0.1) is 0 Å². The van der Waals surface area contributed by atoms with Crippen molar-refractivity contribution in [2.45, 2.75) is 13.0 Å². The highest BCUT2D eigenvalue weighted by atomic mass is 16.5. The van der Waals surface area contributed by atoms with Gasteiger partial charge in [0.05, 0.1) is 13.2 Å². The van der Waals surface area contributed by atoms with E-state index < -0.39 is 5.97 Å². The Kier molecular flexibility index (Phi) is 7.60. The lowest BCUT2D eigenvalue weighted by atomic mass is 9.98. The molecule has 1 amide bonds. The van der Waals surface area contributed by atoms with Gasteiger partial charge in [-0.1, -0.05) is 72.3 Å². The Labute approximate surface area is 182 Å². The quantitative estimate of drug-likeness (QED) is 0.436. The summed E-state index contributed by atoms with van der Waals surface area (Å²) in [5.41, 5.74) is 3.81. The number of hydrogen-bond acceptors (Lipinski definition) is 4. The first-order chi connectivity index (χ1) is 15.0. The van der Waals surface area contributed by atoms with Crippen LogP contribution in [-0.4, -0.2) is 25.6 Å². The minimum absolute atomic E-state index is 0.365. The molecule has 3 aromatic carbocycles. The number of nitrogens with one attached hydrogen (secondary N) is 1. The van der Waals surface area contributed by atoms with Gasteiger partial charge in [-0.2, -0.15) is 0 Å². The Morgan fingerprint density at radius 2 is 1.65 bits per heavy atom. The van der Waals surface area contributed by atoms with Gasteiger partial charge in [0.15, 0.2) is 6.61 Å². The SMILES string of the molecule is COc1ccc([C@@H](NC(=O)COC(=O)/C=C/c2cccc(C)c2)c2ccccc2)cc1. The highest BCUT2D eigenvalue weighted by Crippen LogP contribution is 2.24. The molecule has 5 heteroatoms. The monoisotopic (exact) mass is 415 g/mol. The second-order valence-electron chi connectivity index (χ2n) is 7.04. The van der Waals surface area contributed by atoms with Crippen molar-refractivity contribution in [3.63, 3.8) is 0 Å². The molecule has 0 saturated carbocycles. The summed E-state index contributed by atoms with van der Waals surface area (Å²) in [7, 11) is 1.60. The summed E-state index contributed by atoms with van der Waals surface area (Å²) in [6, 6.07) is 24.4. The van der Waals surface area contributed by atoms with Crippen LogP contribution in [0.1, 0.15) is 28.3 Å². The van der Waals surface area contributed by atoms with Gasteiger partial charge < -0.3 is 14.8 Å². The third-order valence-electron chi connectivity index (χ3n) is 4.69. The standard InChI is InChI=1S/C26H25NO4/c1-19-7-6-8-20(17-19)11-16-25(29)31-18-24(28)27-26(21-9-4-3-5-10-21)22-12-14-23(30-2)15-13-22/h3-17,26H,18H2,1-2H3,(H,27,28)/b16-11+/t26-/m0/s1. The molecule has 0 unspecified atom stereocenters. The van der Waals surface area contributed by atoms with E-state index in [9.17, 15) is 9.59 Å². The lowest BCUT2D eigenvalue weighted by molar-refractivity contribution is -0.143. The average Bonchev–Trinajstić information content (AvgIpc) is 2.80. The molecule has 158 valence electrons. The van der Waals surface area contributed by atoms with E-state index >= 15 is 0 Å². The molecule has 1 N–H and O–H groups in total. The van der Waals surface area contributed by atoms with E-state index in [4.69, 9.17) is 9.47 Å². The van der Waals surface area contributed by atoms with Crippen LogP contribution < -0.4 is 10.1 Å². The Morgan fingerprint density at radius 1 is 0.935 bits per heavy atom. The van der Waals surface area contributed by atoms with Crippen molar-refractivity contribution in [1.82, 2.24) is 5.32 Å². The summed E-state index contributed by atoms with van der Waals surface area (Å²) < 4.78 is 10.3. The van der Waals surface area contributed by atoms with Gasteiger partial charge in [0.1, 0.15) is 5.75 Å². The second-order valence-corrected chi connectivity index (χ2v) is 7.04. The van der Waals surface area contributed by atoms with Gasteiger partial charge in [-0.3, -0.25) is 4.79 Å². The number of esters is 1. The number of methoxy groups -OCH3 is 1. The molecule has 0 spiro atoms. The Balaban J connectivity index is 1.63. The maximum absolute atomic E-state index is 12.5. The predicted octanol–water partition coefficient (Wildman–Crippen LogP) is 4.47. The zero-order valence-corrected chi connectivity index (χ0v) is 17.6. The number of amides is 1. The third kappa shape index (κ3) is 6.57. The summed E-state index contributed by atoms with van der Waals surface area (Å²) >= 11 is 0. The van der Waals surface area contributed by atoms with E-state index in [1.54, 1.807) is 13.2 Å². The van der Waals surface area contributed by atoms with Crippen LogP contribution in [-0.2, 0) is 14.3 Å². The molecule has 0 aliphatic rings. The normalized spacial score (nSPS) is 11.7. The van der Waals surface area contributed by atoms with Crippen LogP contribution in [0.2, 0.25) is 0 Å². The molecule has 0 fully saturated rings. The maximum atomic E-state index is 12.5. The van der Waals surface area contributed by atoms with Gasteiger partial charge in [0.2, 0.25) is 0 Å². The minimum Gasteiger partial charge on any atom is -0.497 e. The zero-order valence-electron chi connectivity index (χ0n) is 17.6. The van der Waals surface area contributed by atoms with Crippen LogP contribution in [0, 0.1) is 6.92 Å². The van der Waals surface area contributed by atoms with Gasteiger partial charge in [-0.25, -0.2) is 4.79 Å². The van der Waals surface area contributed by atoms with Crippen LogP contribution in [0.4, 0.5) is 0 Å². The van der Waals surface area contributed by atoms with Gasteiger partial charge in [0, 0.05) is 6.08 Å². The van der Waals surface area contributed by atoms with Crippen molar-refractivity contribution in [2.75, 3.05) is 13.7 Å². The van der Waals surface area contributed by atoms with Crippen molar-refractivity contribution < 1.29 is 19.1 Å². The number of aryl methyl sites for hydroxylation is 1. The summed E-state index contributed by atoms with van der Waals surface area (Å²) in [6.45, 7) is 1.61. The number of rotatable bonds is 8. The highest BCUT2D eigenvalue weighted by Gasteiger charge is 2.17. The van der Waals surface area contributed by atoms with Crippen molar-refractivity contribution >= 4 is 18.0 Å². The number of hydrogen-bond donors (Lipinski definition) is 1. The molecule has 1 atom stereocenters. The van der Waals surface area contributed by atoms with E-state index in [2.05, 4.69) is 5.32 Å². The van der Waals surface area contributed by atoms with Crippen LogP contribution in [0.25, 0.3) is 6.08 Å². The topological polar surface area (TPSA) is 64.6 Å². The molecule has 0 aromatic heterocycles. The van der Waals surface area contributed by atoms with E-state index in [0.29, 0.717) is 0 Å². The molecule has 0 bridgehead atoms. The van der Waals surface area contributed by atoms with Crippen molar-refractivity contribution in [3.05, 3.63) is 107 Å². The lowest BCUT2D eigenvalue weighted by Gasteiger charge is -2.20. The molecule has 0 aliphatic carbocycles. The number of carbonyl (C=O) groups is 2. The lowest BCUT2D eigenvalue weighted by Crippen LogP contribution is -2.32. The Morgan fingerprint density at radius 3 is 2.32 bits per heavy atom. The average molecular weight is 415 g/mol. The maximum Gasteiger partial charge on any atom is 0.331 e. The Hall–Kier alpha value is -3.86. The molecule has 0 heterocycles. The number of benzene rings is 3. The number of ether oxygens (including phenoxy) is 2. The molecule has 0 radical (unpaired) electrons. The first-order valence-electron chi connectivity index (χ1n) is 9.95. The van der Waals surface area contributed by atoms with Gasteiger partial charge >= 0.3 is 5.97 Å². The van der Waals surface area contributed by atoms with Gasteiger partial charge in [0.25, 0.3) is 5.91 Å². The third-order valence-corrected chi connectivity index (χ3v) is 4.69. The first kappa shape index (κ1) is 21.8. The van der Waals surface area contributed by atoms with Gasteiger partial charge in [-0.05, 0) is 41.8 Å². The molecule has 5 nitrogen and oxygen atoms in total. The van der Waals surface area contributed by atoms with Crippen molar-refractivity contribution in [3.8, 4) is 5.75 Å². The summed E-state index contributed by atoms with van der Waals surface area (Å²) in [5.74, 6) is -0.226. The molecular formula is C26H25NO4. The molecule has 31 heavy (non-hydrogen) atoms. The van der Waals surface area contributed by atoms with Crippen LogP contribution >= 0.6 is 0 Å². The molecule has 0 aliphatic heterocycles. The number of carbonyl (C=O) groups excluding carboxylic acids is 2. The predicted molar refractivity (Wildman–Crippen MR) is 121 cm³/mol. The fourth-order valence-corrected chi connectivity index (χ4v) is 3.13. The van der Waals surface area contributed by atoms with Crippen molar-refractivity contribution in [2.24, 2.45) is 0 Å². The first-order valence-corrected chi connectivity index (χ1v) is 9.95. The van der Waals surface area contributed by atoms with E-state index in [1.807, 2.05) is 85.8 Å². The summed E-state index contributed by atoms with van der Waals surface area (Å²) in [6.07, 6.45) is 2.98. The largest absolute Gasteiger partial charge is 0.497 e. The van der Waals surface area contributed by atoms with E-state index in [0.717, 1.165) is 28.0 Å². The smallest absolute Gasteiger partial charge is 0.331 e. The van der Waals surface area contributed by atoms with Crippen LogP contribution in [0.5, 0.6) is 5.75 Å².